The summed E-state index contributed by atoms with van der Waals surface area (Å²) in [5, 5.41) is 3.48. The molecule has 1 N–H and O–H groups in total. The van der Waals surface area contributed by atoms with Gasteiger partial charge in [-0.1, -0.05) is 38.1 Å². The van der Waals surface area contributed by atoms with E-state index in [2.05, 4.69) is 48.3 Å². The van der Waals surface area contributed by atoms with Gasteiger partial charge >= 0.3 is 0 Å². The van der Waals surface area contributed by atoms with Crippen LogP contribution in [0, 0.1) is 5.92 Å². The molecule has 3 heteroatoms. The summed E-state index contributed by atoms with van der Waals surface area (Å²) in [6.07, 6.45) is 1.15. The molecule has 0 unspecified atom stereocenters. The number of nitrogens with one attached hydrogen (secondary N) is 1. The van der Waals surface area contributed by atoms with Crippen LogP contribution in [0.1, 0.15) is 31.4 Å². The molecule has 3 nitrogen and oxygen atoms in total. The zero-order valence-electron chi connectivity index (χ0n) is 12.9. The Kier molecular flexibility index (Phi) is 6.51. The van der Waals surface area contributed by atoms with Gasteiger partial charge in [-0.3, -0.25) is 4.90 Å². The van der Waals surface area contributed by atoms with Crippen LogP contribution in [-0.2, 0) is 17.8 Å². The van der Waals surface area contributed by atoms with Gasteiger partial charge in [-0.2, -0.15) is 0 Å². The highest BCUT2D eigenvalue weighted by atomic mass is 16.5. The molecule has 1 heterocycles. The minimum Gasteiger partial charge on any atom is -0.380 e. The topological polar surface area (TPSA) is 24.5 Å². The summed E-state index contributed by atoms with van der Waals surface area (Å²) in [6, 6.07) is 9.02. The maximum Gasteiger partial charge on any atom is 0.0593 e. The normalized spacial score (nSPS) is 17.4. The molecular weight excluding hydrogens is 248 g/mol. The van der Waals surface area contributed by atoms with Crippen molar-refractivity contribution in [3.8, 4) is 0 Å². The van der Waals surface area contributed by atoms with Crippen molar-refractivity contribution in [1.82, 2.24) is 10.2 Å². The molecule has 0 amide bonds. The molecule has 1 saturated heterocycles. The zero-order valence-corrected chi connectivity index (χ0v) is 12.9. The third-order valence-electron chi connectivity index (χ3n) is 3.63. The highest BCUT2D eigenvalue weighted by Crippen LogP contribution is 2.09. The minimum absolute atomic E-state index is 0.708. The number of rotatable bonds is 6. The van der Waals surface area contributed by atoms with E-state index >= 15 is 0 Å². The van der Waals surface area contributed by atoms with Crippen LogP contribution in [0.3, 0.4) is 0 Å². The second kappa shape index (κ2) is 8.40. The lowest BCUT2D eigenvalue weighted by Crippen LogP contribution is -2.25. The van der Waals surface area contributed by atoms with Crippen molar-refractivity contribution in [3.05, 3.63) is 35.4 Å². The first-order valence-corrected chi connectivity index (χ1v) is 7.82. The van der Waals surface area contributed by atoms with Crippen LogP contribution in [0.4, 0.5) is 0 Å². The molecule has 20 heavy (non-hydrogen) atoms. The van der Waals surface area contributed by atoms with Crippen molar-refractivity contribution in [1.29, 1.82) is 0 Å². The quantitative estimate of drug-likeness (QED) is 0.864. The van der Waals surface area contributed by atoms with Crippen LogP contribution < -0.4 is 5.32 Å². The second-order valence-electron chi connectivity index (χ2n) is 6.08. The van der Waals surface area contributed by atoms with E-state index in [9.17, 15) is 0 Å². The van der Waals surface area contributed by atoms with E-state index in [4.69, 9.17) is 4.74 Å². The Hall–Kier alpha value is -0.900. The number of hydrogen-bond donors (Lipinski definition) is 1. The molecule has 0 radical (unpaired) electrons. The first-order chi connectivity index (χ1) is 9.74. The molecule has 0 aliphatic carbocycles. The van der Waals surface area contributed by atoms with Gasteiger partial charge in [-0.05, 0) is 30.0 Å². The van der Waals surface area contributed by atoms with Gasteiger partial charge in [0.05, 0.1) is 6.61 Å². The third kappa shape index (κ3) is 5.61. The van der Waals surface area contributed by atoms with Crippen molar-refractivity contribution in [2.75, 3.05) is 32.8 Å². The Morgan fingerprint density at radius 1 is 1.10 bits per heavy atom. The Labute approximate surface area is 123 Å². The fourth-order valence-corrected chi connectivity index (χ4v) is 2.48. The van der Waals surface area contributed by atoms with Gasteiger partial charge in [0.1, 0.15) is 0 Å². The molecule has 2 rings (SSSR count). The van der Waals surface area contributed by atoms with E-state index in [1.807, 2.05) is 0 Å². The summed E-state index contributed by atoms with van der Waals surface area (Å²) in [5.41, 5.74) is 2.77. The summed E-state index contributed by atoms with van der Waals surface area (Å²) >= 11 is 0. The Morgan fingerprint density at radius 2 is 1.85 bits per heavy atom. The summed E-state index contributed by atoms with van der Waals surface area (Å²) in [7, 11) is 0. The zero-order chi connectivity index (χ0) is 14.2. The number of benzene rings is 1. The van der Waals surface area contributed by atoms with Crippen LogP contribution in [0.25, 0.3) is 0 Å². The summed E-state index contributed by atoms with van der Waals surface area (Å²) < 4.78 is 5.50. The highest BCUT2D eigenvalue weighted by molar-refractivity contribution is 5.22. The monoisotopic (exact) mass is 276 g/mol. The average molecular weight is 276 g/mol. The maximum absolute atomic E-state index is 5.50. The van der Waals surface area contributed by atoms with Crippen molar-refractivity contribution in [3.63, 3.8) is 0 Å². The van der Waals surface area contributed by atoms with Crippen molar-refractivity contribution in [2.45, 2.75) is 33.4 Å². The molecule has 1 aliphatic rings. The summed E-state index contributed by atoms with van der Waals surface area (Å²) in [5.74, 6) is 0.708. The van der Waals surface area contributed by atoms with E-state index in [0.717, 1.165) is 52.4 Å². The van der Waals surface area contributed by atoms with E-state index in [-0.39, 0.29) is 0 Å². The van der Waals surface area contributed by atoms with Gasteiger partial charge in [-0.15, -0.1) is 0 Å². The molecule has 1 aromatic carbocycles. The lowest BCUT2D eigenvalue weighted by molar-refractivity contribution is 0.140. The number of nitrogens with zero attached hydrogens (tertiary/aromatic N) is 1. The average Bonchev–Trinajstić information content (AvgIpc) is 2.69. The Morgan fingerprint density at radius 3 is 2.60 bits per heavy atom. The lowest BCUT2D eigenvalue weighted by Gasteiger charge is -2.19. The molecule has 1 fully saturated rings. The minimum atomic E-state index is 0.708. The van der Waals surface area contributed by atoms with Gasteiger partial charge in [-0.25, -0.2) is 0 Å². The first-order valence-electron chi connectivity index (χ1n) is 7.82. The molecule has 0 atom stereocenters. The van der Waals surface area contributed by atoms with Gasteiger partial charge in [0.25, 0.3) is 0 Å². The SMILES string of the molecule is CC(C)CNCc1ccc(CN2CCCOCC2)cc1. The second-order valence-corrected chi connectivity index (χ2v) is 6.08. The largest absolute Gasteiger partial charge is 0.380 e. The highest BCUT2D eigenvalue weighted by Gasteiger charge is 2.09. The predicted molar refractivity (Wildman–Crippen MR) is 83.7 cm³/mol. The van der Waals surface area contributed by atoms with Crippen LogP contribution in [0.2, 0.25) is 0 Å². The van der Waals surface area contributed by atoms with E-state index in [0.29, 0.717) is 5.92 Å². The van der Waals surface area contributed by atoms with Gasteiger partial charge in [0.2, 0.25) is 0 Å². The molecule has 0 bridgehead atoms. The molecule has 1 aromatic rings. The first kappa shape index (κ1) is 15.5. The summed E-state index contributed by atoms with van der Waals surface area (Å²) in [6.45, 7) is 11.6. The fourth-order valence-electron chi connectivity index (χ4n) is 2.48. The molecular formula is C17H28N2O. The Bertz CT molecular complexity index is 367. The van der Waals surface area contributed by atoms with Crippen molar-refractivity contribution < 1.29 is 4.74 Å². The van der Waals surface area contributed by atoms with Crippen LogP contribution >= 0.6 is 0 Å². The smallest absolute Gasteiger partial charge is 0.0593 e. The predicted octanol–water partition coefficient (Wildman–Crippen LogP) is 2.65. The maximum atomic E-state index is 5.50. The Balaban J connectivity index is 1.78. The van der Waals surface area contributed by atoms with Crippen molar-refractivity contribution in [2.24, 2.45) is 5.92 Å². The molecule has 0 saturated carbocycles. The number of ether oxygens (including phenoxy) is 1. The van der Waals surface area contributed by atoms with Crippen molar-refractivity contribution >= 4 is 0 Å². The van der Waals surface area contributed by atoms with E-state index < -0.39 is 0 Å². The summed E-state index contributed by atoms with van der Waals surface area (Å²) in [4.78, 5) is 2.49. The van der Waals surface area contributed by atoms with Gasteiger partial charge < -0.3 is 10.1 Å². The van der Waals surface area contributed by atoms with Crippen LogP contribution in [-0.4, -0.2) is 37.7 Å². The van der Waals surface area contributed by atoms with Gasteiger partial charge in [0.15, 0.2) is 0 Å². The molecule has 0 spiro atoms. The molecule has 112 valence electrons. The lowest BCUT2D eigenvalue weighted by atomic mass is 10.1. The molecule has 1 aliphatic heterocycles. The fraction of sp³-hybridized carbons (Fsp3) is 0.647. The standard InChI is InChI=1S/C17H28N2O/c1-15(2)12-18-13-16-4-6-17(7-5-16)14-19-8-3-10-20-11-9-19/h4-7,15,18H,3,8-14H2,1-2H3. The van der Waals surface area contributed by atoms with Crippen LogP contribution in [0.5, 0.6) is 0 Å². The van der Waals surface area contributed by atoms with E-state index in [1.165, 1.54) is 11.1 Å². The number of hydrogen-bond acceptors (Lipinski definition) is 3. The van der Waals surface area contributed by atoms with Crippen LogP contribution in [0.15, 0.2) is 24.3 Å². The van der Waals surface area contributed by atoms with Gasteiger partial charge in [0, 0.05) is 32.8 Å². The van der Waals surface area contributed by atoms with E-state index in [1.54, 1.807) is 0 Å². The molecule has 0 aromatic heterocycles. The third-order valence-corrected chi connectivity index (χ3v) is 3.63.